The van der Waals surface area contributed by atoms with E-state index in [1.807, 2.05) is 0 Å². The van der Waals surface area contributed by atoms with Crippen LogP contribution in [0.2, 0.25) is 0 Å². The molecule has 0 atom stereocenters. The molecule has 3 nitrogen and oxygen atoms in total. The van der Waals surface area contributed by atoms with Gasteiger partial charge in [-0.1, -0.05) is 12.1 Å². The van der Waals surface area contributed by atoms with Crippen molar-refractivity contribution < 1.29 is 0 Å². The predicted molar refractivity (Wildman–Crippen MR) is 92.4 cm³/mol. The van der Waals surface area contributed by atoms with E-state index in [9.17, 15) is 0 Å². The molecule has 2 rings (SSSR count). The summed E-state index contributed by atoms with van der Waals surface area (Å²) in [4.78, 5) is 8.32. The molecule has 114 valence electrons. The minimum absolute atomic E-state index is 0.672. The quantitative estimate of drug-likeness (QED) is 0.852. The van der Waals surface area contributed by atoms with Crippen molar-refractivity contribution in [2.24, 2.45) is 5.73 Å². The molecule has 0 bridgehead atoms. The Hall–Kier alpha value is -1.39. The van der Waals surface area contributed by atoms with E-state index in [0.29, 0.717) is 6.54 Å². The van der Waals surface area contributed by atoms with Crippen molar-refractivity contribution in [3.63, 3.8) is 0 Å². The molecular weight excluding hydrogens is 278 g/mol. The third kappa shape index (κ3) is 4.05. The van der Waals surface area contributed by atoms with Crippen LogP contribution in [0.25, 0.3) is 0 Å². The van der Waals surface area contributed by atoms with Gasteiger partial charge in [0.2, 0.25) is 0 Å². The van der Waals surface area contributed by atoms with Gasteiger partial charge in [0.25, 0.3) is 0 Å². The van der Waals surface area contributed by atoms with Crippen LogP contribution in [-0.2, 0) is 12.8 Å². The molecule has 0 aliphatic carbocycles. The summed E-state index contributed by atoms with van der Waals surface area (Å²) in [6.07, 6.45) is 1.85. The van der Waals surface area contributed by atoms with Gasteiger partial charge in [0.1, 0.15) is 0 Å². The average Bonchev–Trinajstić information content (AvgIpc) is 2.82. The van der Waals surface area contributed by atoms with E-state index < -0.39 is 0 Å². The highest BCUT2D eigenvalue weighted by Crippen LogP contribution is 2.23. The molecule has 0 aliphatic rings. The van der Waals surface area contributed by atoms with Gasteiger partial charge in [-0.15, -0.1) is 11.3 Å². The molecule has 0 amide bonds. The second-order valence-corrected chi connectivity index (χ2v) is 6.34. The maximum absolute atomic E-state index is 5.61. The third-order valence-corrected chi connectivity index (χ3v) is 4.94. The number of aromatic nitrogens is 1. The summed E-state index contributed by atoms with van der Waals surface area (Å²) >= 11 is 1.80. The van der Waals surface area contributed by atoms with Gasteiger partial charge in [0.15, 0.2) is 0 Å². The Morgan fingerprint density at radius 1 is 1.14 bits per heavy atom. The third-order valence-electron chi connectivity index (χ3n) is 3.72. The summed E-state index contributed by atoms with van der Waals surface area (Å²) in [6.45, 7) is 9.24. The summed E-state index contributed by atoms with van der Waals surface area (Å²) in [7, 11) is 0. The van der Waals surface area contributed by atoms with Crippen LogP contribution in [0.1, 0.15) is 35.0 Å². The van der Waals surface area contributed by atoms with E-state index >= 15 is 0 Å². The fraction of sp³-hybridized carbons (Fsp3) is 0.471. The first-order valence-electron chi connectivity index (χ1n) is 7.67. The molecule has 1 heterocycles. The molecule has 0 saturated heterocycles. The van der Waals surface area contributed by atoms with Gasteiger partial charge in [-0.25, -0.2) is 4.98 Å². The summed E-state index contributed by atoms with van der Waals surface area (Å²) in [5.74, 6) is 0. The zero-order valence-electron chi connectivity index (χ0n) is 13.2. The lowest BCUT2D eigenvalue weighted by Crippen LogP contribution is -2.21. The van der Waals surface area contributed by atoms with Crippen molar-refractivity contribution in [2.75, 3.05) is 24.5 Å². The number of nitrogens with two attached hydrogens (primary N) is 1. The molecule has 0 aliphatic heterocycles. The van der Waals surface area contributed by atoms with E-state index in [-0.39, 0.29) is 0 Å². The van der Waals surface area contributed by atoms with Gasteiger partial charge in [0.05, 0.1) is 10.7 Å². The smallest absolute Gasteiger partial charge is 0.0943 e. The molecule has 0 saturated carbocycles. The van der Waals surface area contributed by atoms with Crippen LogP contribution in [0, 0.1) is 6.92 Å². The van der Waals surface area contributed by atoms with Crippen molar-refractivity contribution in [3.8, 4) is 0 Å². The largest absolute Gasteiger partial charge is 0.372 e. The van der Waals surface area contributed by atoms with Crippen molar-refractivity contribution in [1.29, 1.82) is 0 Å². The summed E-state index contributed by atoms with van der Waals surface area (Å²) in [5.41, 5.74) is 9.40. The standard InChI is InChI=1S/C17H25N3S/c1-4-20(5-2)15-8-6-14(7-9-15)12-16-13(3)19-17(21-16)10-11-18/h6-9H,4-5,10-12,18H2,1-3H3. The monoisotopic (exact) mass is 303 g/mol. The van der Waals surface area contributed by atoms with Crippen molar-refractivity contribution in [3.05, 3.63) is 45.4 Å². The van der Waals surface area contributed by atoms with E-state index in [2.05, 4.69) is 54.9 Å². The number of thiazole rings is 1. The van der Waals surface area contributed by atoms with E-state index in [1.165, 1.54) is 16.1 Å². The van der Waals surface area contributed by atoms with Gasteiger partial charge in [0, 0.05) is 36.5 Å². The van der Waals surface area contributed by atoms with Gasteiger partial charge in [-0.05, 0) is 45.0 Å². The average molecular weight is 303 g/mol. The Labute approximate surface area is 131 Å². The molecule has 4 heteroatoms. The van der Waals surface area contributed by atoms with Crippen LogP contribution < -0.4 is 10.6 Å². The van der Waals surface area contributed by atoms with Gasteiger partial charge < -0.3 is 10.6 Å². The number of benzene rings is 1. The number of nitrogens with zero attached hydrogens (tertiary/aromatic N) is 2. The Bertz CT molecular complexity index is 556. The number of rotatable bonds is 7. The number of aryl methyl sites for hydroxylation is 1. The minimum Gasteiger partial charge on any atom is -0.372 e. The van der Waals surface area contributed by atoms with Gasteiger partial charge in [-0.2, -0.15) is 0 Å². The molecule has 1 aromatic carbocycles. The zero-order valence-corrected chi connectivity index (χ0v) is 14.0. The van der Waals surface area contributed by atoms with Crippen molar-refractivity contribution in [2.45, 2.75) is 33.6 Å². The second-order valence-electron chi connectivity index (χ2n) is 5.17. The molecule has 1 aromatic heterocycles. The molecule has 0 unspecified atom stereocenters. The van der Waals surface area contributed by atoms with Crippen LogP contribution in [-0.4, -0.2) is 24.6 Å². The van der Waals surface area contributed by atoms with Gasteiger partial charge >= 0.3 is 0 Å². The van der Waals surface area contributed by atoms with Crippen LogP contribution in [0.3, 0.4) is 0 Å². The van der Waals surface area contributed by atoms with Gasteiger partial charge in [-0.3, -0.25) is 0 Å². The summed E-state index contributed by atoms with van der Waals surface area (Å²) in [5, 5.41) is 1.16. The first kappa shape index (κ1) is 16.0. The van der Waals surface area contributed by atoms with Crippen LogP contribution >= 0.6 is 11.3 Å². The Morgan fingerprint density at radius 2 is 1.81 bits per heavy atom. The number of hydrogen-bond acceptors (Lipinski definition) is 4. The highest BCUT2D eigenvalue weighted by molar-refractivity contribution is 7.11. The molecule has 2 N–H and O–H groups in total. The zero-order chi connectivity index (χ0) is 15.2. The maximum Gasteiger partial charge on any atom is 0.0943 e. The predicted octanol–water partition coefficient (Wildman–Crippen LogP) is 3.39. The summed E-state index contributed by atoms with van der Waals surface area (Å²) < 4.78 is 0. The Kier molecular flexibility index (Phi) is 5.76. The molecule has 0 radical (unpaired) electrons. The molecular formula is C17H25N3S. The topological polar surface area (TPSA) is 42.1 Å². The van der Waals surface area contributed by atoms with E-state index in [0.717, 1.165) is 36.6 Å². The highest BCUT2D eigenvalue weighted by Gasteiger charge is 2.08. The first-order valence-corrected chi connectivity index (χ1v) is 8.48. The lowest BCUT2D eigenvalue weighted by Gasteiger charge is -2.21. The van der Waals surface area contributed by atoms with Crippen LogP contribution in [0.4, 0.5) is 5.69 Å². The normalized spacial score (nSPS) is 10.9. The minimum atomic E-state index is 0.672. The first-order chi connectivity index (χ1) is 10.2. The van der Waals surface area contributed by atoms with Crippen LogP contribution in [0.5, 0.6) is 0 Å². The van der Waals surface area contributed by atoms with Crippen molar-refractivity contribution >= 4 is 17.0 Å². The second kappa shape index (κ2) is 7.57. The maximum atomic E-state index is 5.61. The molecule has 0 spiro atoms. The van der Waals surface area contributed by atoms with E-state index in [4.69, 9.17) is 5.73 Å². The van der Waals surface area contributed by atoms with Crippen LogP contribution in [0.15, 0.2) is 24.3 Å². The fourth-order valence-electron chi connectivity index (χ4n) is 2.48. The molecule has 0 fully saturated rings. The number of anilines is 1. The molecule has 21 heavy (non-hydrogen) atoms. The summed E-state index contributed by atoms with van der Waals surface area (Å²) in [6, 6.07) is 8.91. The van der Waals surface area contributed by atoms with E-state index in [1.54, 1.807) is 11.3 Å². The lowest BCUT2D eigenvalue weighted by atomic mass is 10.1. The lowest BCUT2D eigenvalue weighted by molar-refractivity contribution is 0.866. The highest BCUT2D eigenvalue weighted by atomic mass is 32.1. The number of hydrogen-bond donors (Lipinski definition) is 1. The van der Waals surface area contributed by atoms with Crippen molar-refractivity contribution in [1.82, 2.24) is 4.98 Å². The molecule has 2 aromatic rings. The fourth-order valence-corrected chi connectivity index (χ4v) is 3.60. The SMILES string of the molecule is CCN(CC)c1ccc(Cc2sc(CCN)nc2C)cc1. The Balaban J connectivity index is 2.09. The Morgan fingerprint density at radius 3 is 2.38 bits per heavy atom.